The van der Waals surface area contributed by atoms with Crippen molar-refractivity contribution in [2.24, 2.45) is 0 Å². The molecule has 0 radical (unpaired) electrons. The van der Waals surface area contributed by atoms with Crippen molar-refractivity contribution in [2.75, 3.05) is 6.54 Å². The molecule has 0 saturated heterocycles. The highest BCUT2D eigenvalue weighted by molar-refractivity contribution is 6.35. The Balaban J connectivity index is 1.58. The van der Waals surface area contributed by atoms with Gasteiger partial charge in [-0.2, -0.15) is 0 Å². The molecule has 1 atom stereocenters. The van der Waals surface area contributed by atoms with Gasteiger partial charge >= 0.3 is 0 Å². The summed E-state index contributed by atoms with van der Waals surface area (Å²) in [6, 6.07) is 15.2. The summed E-state index contributed by atoms with van der Waals surface area (Å²) >= 11 is 12.1. The van der Waals surface area contributed by atoms with Gasteiger partial charge in [-0.25, -0.2) is 0 Å². The van der Waals surface area contributed by atoms with Gasteiger partial charge in [0.05, 0.1) is 11.6 Å². The largest absolute Gasteiger partial charge is 0.391 e. The van der Waals surface area contributed by atoms with Gasteiger partial charge in [0, 0.05) is 34.7 Å². The first kappa shape index (κ1) is 17.2. The number of halogens is 2. The fraction of sp³-hybridized carbons (Fsp3) is 0.211. The standard InChI is InChI=1S/C19H18Cl2N2O/c20-15-6-3-13(4-7-15)10-16(24)12-22-11-14-5-8-18(21)17-2-1-9-23-19(14)17/h1-9,16,22,24H,10-12H2. The Kier molecular flexibility index (Phi) is 5.69. The molecule has 1 unspecified atom stereocenters. The van der Waals surface area contributed by atoms with Gasteiger partial charge in [0.2, 0.25) is 0 Å². The maximum atomic E-state index is 10.2. The van der Waals surface area contributed by atoms with Gasteiger partial charge in [0.15, 0.2) is 0 Å². The number of nitrogens with zero attached hydrogens (tertiary/aromatic N) is 1. The second-order valence-electron chi connectivity index (χ2n) is 5.72. The number of aromatic nitrogens is 1. The van der Waals surface area contributed by atoms with E-state index in [1.807, 2.05) is 48.5 Å². The highest BCUT2D eigenvalue weighted by Crippen LogP contribution is 2.24. The second kappa shape index (κ2) is 7.95. The third kappa shape index (κ3) is 4.25. The van der Waals surface area contributed by atoms with Crippen molar-refractivity contribution in [2.45, 2.75) is 19.1 Å². The fourth-order valence-corrected chi connectivity index (χ4v) is 3.02. The molecule has 3 nitrogen and oxygen atoms in total. The minimum absolute atomic E-state index is 0.460. The molecule has 0 fully saturated rings. The quantitative estimate of drug-likeness (QED) is 0.691. The van der Waals surface area contributed by atoms with Crippen LogP contribution < -0.4 is 5.32 Å². The van der Waals surface area contributed by atoms with Crippen molar-refractivity contribution in [3.05, 3.63) is 75.9 Å². The highest BCUT2D eigenvalue weighted by atomic mass is 35.5. The van der Waals surface area contributed by atoms with Crippen LogP contribution in [0.2, 0.25) is 10.0 Å². The Hall–Kier alpha value is -1.65. The average Bonchev–Trinajstić information content (AvgIpc) is 2.59. The molecule has 0 aliphatic heterocycles. The number of rotatable bonds is 6. The summed E-state index contributed by atoms with van der Waals surface area (Å²) in [7, 11) is 0. The molecular weight excluding hydrogens is 343 g/mol. The molecule has 1 aromatic heterocycles. The predicted molar refractivity (Wildman–Crippen MR) is 99.6 cm³/mol. The lowest BCUT2D eigenvalue weighted by Gasteiger charge is -2.13. The first-order chi connectivity index (χ1) is 11.6. The third-order valence-corrected chi connectivity index (χ3v) is 4.46. The molecular formula is C19H18Cl2N2O. The Labute approximate surface area is 151 Å². The smallest absolute Gasteiger partial charge is 0.0761 e. The van der Waals surface area contributed by atoms with Gasteiger partial charge in [0.25, 0.3) is 0 Å². The average molecular weight is 361 g/mol. The van der Waals surface area contributed by atoms with Crippen molar-refractivity contribution in [1.29, 1.82) is 0 Å². The van der Waals surface area contributed by atoms with E-state index in [1.54, 1.807) is 6.20 Å². The van der Waals surface area contributed by atoms with Gasteiger partial charge < -0.3 is 10.4 Å². The van der Waals surface area contributed by atoms with Crippen LogP contribution in [0.25, 0.3) is 10.9 Å². The number of nitrogens with one attached hydrogen (secondary N) is 1. The number of aliphatic hydroxyl groups excluding tert-OH is 1. The van der Waals surface area contributed by atoms with Crippen molar-refractivity contribution in [3.63, 3.8) is 0 Å². The zero-order valence-corrected chi connectivity index (χ0v) is 14.6. The SMILES string of the molecule is OC(CNCc1ccc(Cl)c2cccnc12)Cc1ccc(Cl)cc1. The van der Waals surface area contributed by atoms with E-state index < -0.39 is 6.10 Å². The molecule has 2 N–H and O–H groups in total. The summed E-state index contributed by atoms with van der Waals surface area (Å²) < 4.78 is 0. The van der Waals surface area contributed by atoms with Crippen LogP contribution in [-0.2, 0) is 13.0 Å². The van der Waals surface area contributed by atoms with Gasteiger partial charge in [-0.05, 0) is 47.9 Å². The first-order valence-electron chi connectivity index (χ1n) is 7.79. The molecule has 0 bridgehead atoms. The molecule has 1 heterocycles. The minimum Gasteiger partial charge on any atom is -0.391 e. The van der Waals surface area contributed by atoms with E-state index in [0.717, 1.165) is 22.0 Å². The summed E-state index contributed by atoms with van der Waals surface area (Å²) in [5.74, 6) is 0. The number of fused-ring (bicyclic) bond motifs is 1. The van der Waals surface area contributed by atoms with E-state index in [-0.39, 0.29) is 0 Å². The molecule has 3 aromatic rings. The monoisotopic (exact) mass is 360 g/mol. The second-order valence-corrected chi connectivity index (χ2v) is 6.57. The summed E-state index contributed by atoms with van der Waals surface area (Å²) in [5.41, 5.74) is 3.02. The van der Waals surface area contributed by atoms with Crippen molar-refractivity contribution >= 4 is 34.1 Å². The van der Waals surface area contributed by atoms with Gasteiger partial charge in [0.1, 0.15) is 0 Å². The summed E-state index contributed by atoms with van der Waals surface area (Å²) in [4.78, 5) is 4.42. The lowest BCUT2D eigenvalue weighted by Crippen LogP contribution is -2.28. The maximum Gasteiger partial charge on any atom is 0.0761 e. The predicted octanol–water partition coefficient (Wildman–Crippen LogP) is 4.23. The van der Waals surface area contributed by atoms with Crippen LogP contribution in [0.4, 0.5) is 0 Å². The lowest BCUT2D eigenvalue weighted by molar-refractivity contribution is 0.171. The molecule has 0 aliphatic carbocycles. The van der Waals surface area contributed by atoms with E-state index in [9.17, 15) is 5.11 Å². The third-order valence-electron chi connectivity index (χ3n) is 3.88. The number of hydrogen-bond acceptors (Lipinski definition) is 3. The zero-order chi connectivity index (χ0) is 16.9. The molecule has 5 heteroatoms. The van der Waals surface area contributed by atoms with Crippen molar-refractivity contribution in [3.8, 4) is 0 Å². The van der Waals surface area contributed by atoms with Gasteiger partial charge in [-0.3, -0.25) is 4.98 Å². The molecule has 3 rings (SSSR count). The van der Waals surface area contributed by atoms with Crippen LogP contribution in [0.5, 0.6) is 0 Å². The van der Waals surface area contributed by atoms with E-state index in [4.69, 9.17) is 23.2 Å². The van der Waals surface area contributed by atoms with Crippen LogP contribution in [-0.4, -0.2) is 22.7 Å². The Morgan fingerprint density at radius 1 is 1.04 bits per heavy atom. The molecule has 2 aromatic carbocycles. The van der Waals surface area contributed by atoms with E-state index >= 15 is 0 Å². The fourth-order valence-electron chi connectivity index (χ4n) is 2.68. The number of benzene rings is 2. The molecule has 124 valence electrons. The molecule has 0 aliphatic rings. The van der Waals surface area contributed by atoms with Crippen molar-refractivity contribution in [1.82, 2.24) is 10.3 Å². The van der Waals surface area contributed by atoms with E-state index in [2.05, 4.69) is 10.3 Å². The van der Waals surface area contributed by atoms with Gasteiger partial charge in [-0.15, -0.1) is 0 Å². The highest BCUT2D eigenvalue weighted by Gasteiger charge is 2.08. The number of aliphatic hydroxyl groups is 1. The minimum atomic E-state index is -0.460. The van der Waals surface area contributed by atoms with Crippen LogP contribution in [0.3, 0.4) is 0 Å². The van der Waals surface area contributed by atoms with Crippen LogP contribution in [0.1, 0.15) is 11.1 Å². The molecule has 0 spiro atoms. The molecule has 0 amide bonds. The van der Waals surface area contributed by atoms with E-state index in [0.29, 0.717) is 29.6 Å². The Morgan fingerprint density at radius 2 is 1.83 bits per heavy atom. The number of pyridine rings is 1. The summed E-state index contributed by atoms with van der Waals surface area (Å²) in [6.07, 6.45) is 1.89. The van der Waals surface area contributed by atoms with Crippen molar-refractivity contribution < 1.29 is 5.11 Å². The Morgan fingerprint density at radius 3 is 2.62 bits per heavy atom. The van der Waals surface area contributed by atoms with Crippen LogP contribution in [0, 0.1) is 0 Å². The topological polar surface area (TPSA) is 45.1 Å². The Bertz CT molecular complexity index is 821. The zero-order valence-electron chi connectivity index (χ0n) is 13.0. The van der Waals surface area contributed by atoms with Crippen LogP contribution >= 0.6 is 23.2 Å². The number of hydrogen-bond donors (Lipinski definition) is 2. The summed E-state index contributed by atoms with van der Waals surface area (Å²) in [6.45, 7) is 1.13. The molecule has 0 saturated carbocycles. The maximum absolute atomic E-state index is 10.2. The van der Waals surface area contributed by atoms with Gasteiger partial charge in [-0.1, -0.05) is 41.4 Å². The van der Waals surface area contributed by atoms with Crippen LogP contribution in [0.15, 0.2) is 54.7 Å². The molecule has 24 heavy (non-hydrogen) atoms. The summed E-state index contributed by atoms with van der Waals surface area (Å²) in [5, 5.41) is 15.8. The van der Waals surface area contributed by atoms with E-state index in [1.165, 1.54) is 0 Å². The normalized spacial score (nSPS) is 12.5. The lowest BCUT2D eigenvalue weighted by atomic mass is 10.1. The first-order valence-corrected chi connectivity index (χ1v) is 8.54.